The summed E-state index contributed by atoms with van der Waals surface area (Å²) in [7, 11) is 0. The van der Waals surface area contributed by atoms with Crippen molar-refractivity contribution >= 4 is 34.8 Å². The van der Waals surface area contributed by atoms with Gasteiger partial charge in [-0.1, -0.05) is 6.07 Å². The number of nitrogens with one attached hydrogen (secondary N) is 1. The molecule has 174 valence electrons. The van der Waals surface area contributed by atoms with E-state index in [0.29, 0.717) is 11.4 Å². The van der Waals surface area contributed by atoms with Gasteiger partial charge >= 0.3 is 0 Å². The lowest BCUT2D eigenvalue weighted by atomic mass is 10.0. The van der Waals surface area contributed by atoms with Crippen molar-refractivity contribution in [3.63, 3.8) is 0 Å². The average Bonchev–Trinajstić information content (AvgIpc) is 3.37. The second-order valence-electron chi connectivity index (χ2n) is 8.54. The highest BCUT2D eigenvalue weighted by molar-refractivity contribution is 7.98. The van der Waals surface area contributed by atoms with Gasteiger partial charge in [0.1, 0.15) is 4.88 Å². The summed E-state index contributed by atoms with van der Waals surface area (Å²) in [6.45, 7) is 7.93. The Morgan fingerprint density at radius 2 is 1.94 bits per heavy atom. The van der Waals surface area contributed by atoms with E-state index >= 15 is 0 Å². The van der Waals surface area contributed by atoms with Gasteiger partial charge in [0, 0.05) is 46.7 Å². The monoisotopic (exact) mass is 482 g/mol. The van der Waals surface area contributed by atoms with E-state index in [0.717, 1.165) is 54.3 Å². The van der Waals surface area contributed by atoms with E-state index < -0.39 is 0 Å². The zero-order valence-electron chi connectivity index (χ0n) is 19.6. The number of carbonyl (C=O) groups excluding carboxylic acids is 2. The molecule has 6 nitrogen and oxygen atoms in total. The zero-order chi connectivity index (χ0) is 23.5. The fraction of sp³-hybridized carbons (Fsp3) is 0.400. The van der Waals surface area contributed by atoms with Gasteiger partial charge in [-0.15, -0.1) is 23.1 Å². The summed E-state index contributed by atoms with van der Waals surface area (Å²) in [4.78, 5) is 33.9. The number of piperidine rings is 1. The van der Waals surface area contributed by atoms with Crippen molar-refractivity contribution in [2.75, 3.05) is 25.9 Å². The second kappa shape index (κ2) is 10.2. The van der Waals surface area contributed by atoms with E-state index in [1.807, 2.05) is 19.9 Å². The van der Waals surface area contributed by atoms with Crippen molar-refractivity contribution in [2.45, 2.75) is 44.6 Å². The highest BCUT2D eigenvalue weighted by atomic mass is 32.2. The molecule has 0 saturated carbocycles. The fourth-order valence-electron chi connectivity index (χ4n) is 4.49. The lowest BCUT2D eigenvalue weighted by molar-refractivity contribution is 0.0860. The van der Waals surface area contributed by atoms with Crippen LogP contribution in [-0.2, 0) is 0 Å². The van der Waals surface area contributed by atoms with Crippen molar-refractivity contribution in [3.05, 3.63) is 63.4 Å². The maximum Gasteiger partial charge on any atom is 0.263 e. The molecule has 4 rings (SSSR count). The molecule has 3 aromatic rings. The number of thiazole rings is 1. The summed E-state index contributed by atoms with van der Waals surface area (Å²) in [6, 6.07) is 10.5. The third-order valence-electron chi connectivity index (χ3n) is 6.28. The van der Waals surface area contributed by atoms with Crippen molar-refractivity contribution in [2.24, 2.45) is 0 Å². The van der Waals surface area contributed by atoms with Crippen LogP contribution in [0.2, 0.25) is 0 Å². The van der Waals surface area contributed by atoms with Gasteiger partial charge in [0.2, 0.25) is 0 Å². The number of thioether (sulfide) groups is 1. The number of Topliss-reactive ketones (excluding diaryl/α,β-unsaturated/α-hetero) is 1. The molecule has 33 heavy (non-hydrogen) atoms. The average molecular weight is 483 g/mol. The number of aromatic nitrogens is 2. The first kappa shape index (κ1) is 23.7. The van der Waals surface area contributed by atoms with E-state index in [1.165, 1.54) is 16.2 Å². The van der Waals surface area contributed by atoms with Crippen LogP contribution in [0.3, 0.4) is 0 Å². The van der Waals surface area contributed by atoms with E-state index in [4.69, 9.17) is 0 Å². The molecule has 1 N–H and O–H groups in total. The number of rotatable bonds is 7. The van der Waals surface area contributed by atoms with Crippen LogP contribution in [0.4, 0.5) is 0 Å². The standard InChI is InChI=1S/C25H30N4O2S2/c1-16-12-22(18(3)29(16)20-6-5-7-21(13-20)32-4)23(30)14-28-10-8-19(9-11-28)27-25(31)24-17(2)26-15-33-24/h5-7,12-13,15,19H,8-11,14H2,1-4H3,(H,27,31). The molecule has 0 spiro atoms. The number of nitrogens with zero attached hydrogens (tertiary/aromatic N) is 3. The van der Waals surface area contributed by atoms with Crippen LogP contribution in [0.1, 0.15) is 50.0 Å². The molecule has 8 heteroatoms. The normalized spacial score (nSPS) is 15.0. The Kier molecular flexibility index (Phi) is 7.36. The number of hydrogen-bond donors (Lipinski definition) is 1. The third-order valence-corrected chi connectivity index (χ3v) is 7.94. The molecule has 0 radical (unpaired) electrons. The van der Waals surface area contributed by atoms with Gasteiger partial charge in [0.25, 0.3) is 5.91 Å². The molecule has 0 atom stereocenters. The summed E-state index contributed by atoms with van der Waals surface area (Å²) in [5, 5.41) is 3.13. The van der Waals surface area contributed by atoms with Crippen LogP contribution < -0.4 is 5.32 Å². The van der Waals surface area contributed by atoms with Gasteiger partial charge < -0.3 is 9.88 Å². The molecule has 0 bridgehead atoms. The van der Waals surface area contributed by atoms with E-state index in [2.05, 4.69) is 57.2 Å². The number of hydrogen-bond acceptors (Lipinski definition) is 6. The van der Waals surface area contributed by atoms with Gasteiger partial charge in [-0.3, -0.25) is 14.5 Å². The number of amides is 1. The number of carbonyl (C=O) groups is 2. The molecule has 1 amide bonds. The van der Waals surface area contributed by atoms with Crippen LogP contribution in [0.25, 0.3) is 5.69 Å². The Labute approximate surface area is 203 Å². The first-order valence-electron chi connectivity index (χ1n) is 11.2. The Hall–Kier alpha value is -2.42. The minimum atomic E-state index is -0.0393. The van der Waals surface area contributed by atoms with Crippen molar-refractivity contribution in [1.82, 2.24) is 19.8 Å². The van der Waals surface area contributed by atoms with Crippen molar-refractivity contribution in [3.8, 4) is 5.69 Å². The summed E-state index contributed by atoms with van der Waals surface area (Å²) in [6.07, 6.45) is 3.76. The Balaban J connectivity index is 1.37. The van der Waals surface area contributed by atoms with Gasteiger partial charge in [-0.2, -0.15) is 0 Å². The molecule has 3 heterocycles. The summed E-state index contributed by atoms with van der Waals surface area (Å²) in [5.41, 5.74) is 6.40. The van der Waals surface area contributed by atoms with Crippen LogP contribution in [0.5, 0.6) is 0 Å². The smallest absolute Gasteiger partial charge is 0.263 e. The molecule has 1 saturated heterocycles. The summed E-state index contributed by atoms with van der Waals surface area (Å²) >= 11 is 3.09. The van der Waals surface area contributed by atoms with E-state index in [1.54, 1.807) is 17.3 Å². The zero-order valence-corrected chi connectivity index (χ0v) is 21.2. The quantitative estimate of drug-likeness (QED) is 0.392. The molecule has 1 aromatic carbocycles. The highest BCUT2D eigenvalue weighted by Gasteiger charge is 2.25. The molecule has 0 unspecified atom stereocenters. The molecule has 1 fully saturated rings. The SMILES string of the molecule is CSc1cccc(-n2c(C)cc(C(=O)CN3CCC(NC(=O)c4scnc4C)CC3)c2C)c1. The maximum atomic E-state index is 13.2. The second-order valence-corrected chi connectivity index (χ2v) is 10.3. The largest absolute Gasteiger partial charge is 0.348 e. The first-order valence-corrected chi connectivity index (χ1v) is 13.3. The van der Waals surface area contributed by atoms with Gasteiger partial charge in [-0.25, -0.2) is 4.98 Å². The van der Waals surface area contributed by atoms with Crippen LogP contribution in [0.15, 0.2) is 40.7 Å². The van der Waals surface area contributed by atoms with Crippen molar-refractivity contribution < 1.29 is 9.59 Å². The Morgan fingerprint density at radius 3 is 2.61 bits per heavy atom. The maximum absolute atomic E-state index is 13.2. The topological polar surface area (TPSA) is 67.2 Å². The molecular weight excluding hydrogens is 452 g/mol. The summed E-state index contributed by atoms with van der Waals surface area (Å²) in [5.74, 6) is 0.112. The predicted molar refractivity (Wildman–Crippen MR) is 135 cm³/mol. The number of benzene rings is 1. The van der Waals surface area contributed by atoms with Crippen LogP contribution in [-0.4, -0.2) is 58.1 Å². The predicted octanol–water partition coefficient (Wildman–Crippen LogP) is 4.66. The third kappa shape index (κ3) is 5.23. The van der Waals surface area contributed by atoms with Crippen molar-refractivity contribution in [1.29, 1.82) is 0 Å². The lowest BCUT2D eigenvalue weighted by Gasteiger charge is -2.31. The van der Waals surface area contributed by atoms with Gasteiger partial charge in [0.05, 0.1) is 17.7 Å². The fourth-order valence-corrected chi connectivity index (χ4v) is 5.65. The Morgan fingerprint density at radius 1 is 1.18 bits per heavy atom. The number of aryl methyl sites for hydroxylation is 2. The van der Waals surface area contributed by atoms with Gasteiger partial charge in [0.15, 0.2) is 5.78 Å². The minimum absolute atomic E-state index is 0.0393. The summed E-state index contributed by atoms with van der Waals surface area (Å²) < 4.78 is 2.16. The van der Waals surface area contributed by atoms with Crippen LogP contribution >= 0.6 is 23.1 Å². The molecular formula is C25H30N4O2S2. The lowest BCUT2D eigenvalue weighted by Crippen LogP contribution is -2.45. The van der Waals surface area contributed by atoms with E-state index in [9.17, 15) is 9.59 Å². The number of ketones is 1. The Bertz CT molecular complexity index is 1160. The van der Waals surface area contributed by atoms with E-state index in [-0.39, 0.29) is 17.7 Å². The van der Waals surface area contributed by atoms with Gasteiger partial charge in [-0.05, 0) is 64.1 Å². The molecule has 2 aromatic heterocycles. The molecule has 1 aliphatic heterocycles. The highest BCUT2D eigenvalue weighted by Crippen LogP contribution is 2.25. The minimum Gasteiger partial charge on any atom is -0.348 e. The molecule has 0 aliphatic carbocycles. The first-order chi connectivity index (χ1) is 15.9. The number of likely N-dealkylation sites (tertiary alicyclic amines) is 1. The molecule has 1 aliphatic rings. The van der Waals surface area contributed by atoms with Crippen LogP contribution in [0, 0.1) is 20.8 Å².